The summed E-state index contributed by atoms with van der Waals surface area (Å²) in [5.74, 6) is -3.33. The molecule has 3 aromatic rings. The van der Waals surface area contributed by atoms with Gasteiger partial charge in [0.2, 0.25) is 5.75 Å². The average Bonchev–Trinajstić information content (AvgIpc) is 3.06. The third kappa shape index (κ3) is 3.12. The highest BCUT2D eigenvalue weighted by Gasteiger charge is 2.21. The molecule has 0 spiro atoms. The number of amidine groups is 1. The number of nitrogen functional groups attached to an aromatic ring is 1. The molecule has 0 amide bonds. The summed E-state index contributed by atoms with van der Waals surface area (Å²) >= 11 is 0. The monoisotopic (exact) mass is 357 g/mol. The minimum absolute atomic E-state index is 0.0151. The summed E-state index contributed by atoms with van der Waals surface area (Å²) in [5, 5.41) is 7.77. The summed E-state index contributed by atoms with van der Waals surface area (Å²) in [7, 11) is 0. The molecule has 0 atom stereocenters. The van der Waals surface area contributed by atoms with Crippen molar-refractivity contribution in [2.75, 3.05) is 0 Å². The SMILES string of the molecule is C=CC(=O)Oc1c(Oc2ccc(F)c(C(=N)N)c2)c(F)cc2[nH]ccc12. The lowest BCUT2D eigenvalue weighted by atomic mass is 10.2. The maximum Gasteiger partial charge on any atom is 0.335 e. The Kier molecular flexibility index (Phi) is 4.40. The number of nitrogens with two attached hydrogens (primary N) is 1. The Labute approximate surface area is 146 Å². The summed E-state index contributed by atoms with van der Waals surface area (Å²) in [6.07, 6.45) is 2.48. The van der Waals surface area contributed by atoms with Crippen LogP contribution < -0.4 is 15.2 Å². The van der Waals surface area contributed by atoms with E-state index in [4.69, 9.17) is 20.6 Å². The quantitative estimate of drug-likeness (QED) is 0.213. The second-order valence-electron chi connectivity index (χ2n) is 5.24. The molecule has 26 heavy (non-hydrogen) atoms. The van der Waals surface area contributed by atoms with E-state index < -0.39 is 23.4 Å². The summed E-state index contributed by atoms with van der Waals surface area (Å²) in [5.41, 5.74) is 5.51. The first-order chi connectivity index (χ1) is 12.4. The van der Waals surface area contributed by atoms with Crippen molar-refractivity contribution >= 4 is 22.7 Å². The van der Waals surface area contributed by atoms with Crippen LogP contribution in [0.15, 0.2) is 49.2 Å². The maximum absolute atomic E-state index is 14.5. The summed E-state index contributed by atoms with van der Waals surface area (Å²) in [6.45, 7) is 3.31. The predicted octanol–water partition coefficient (Wildman–Crippen LogP) is 3.61. The molecule has 0 aliphatic carbocycles. The molecule has 0 radical (unpaired) electrons. The Bertz CT molecular complexity index is 1040. The number of hydrogen-bond donors (Lipinski definition) is 3. The van der Waals surface area contributed by atoms with Gasteiger partial charge in [0.1, 0.15) is 17.4 Å². The van der Waals surface area contributed by atoms with Crippen molar-refractivity contribution < 1.29 is 23.0 Å². The molecule has 1 aromatic heterocycles. The van der Waals surface area contributed by atoms with E-state index in [9.17, 15) is 13.6 Å². The van der Waals surface area contributed by atoms with E-state index >= 15 is 0 Å². The molecule has 2 aromatic carbocycles. The van der Waals surface area contributed by atoms with E-state index in [1.54, 1.807) is 12.3 Å². The first kappa shape index (κ1) is 17.2. The number of rotatable bonds is 5. The number of benzene rings is 2. The normalized spacial score (nSPS) is 10.5. The molecule has 3 rings (SSSR count). The van der Waals surface area contributed by atoms with Crippen LogP contribution in [-0.2, 0) is 4.79 Å². The van der Waals surface area contributed by atoms with Gasteiger partial charge in [0.25, 0.3) is 0 Å². The Balaban J connectivity index is 2.12. The molecule has 0 fully saturated rings. The van der Waals surface area contributed by atoms with Gasteiger partial charge in [0.05, 0.1) is 11.1 Å². The molecular weight excluding hydrogens is 344 g/mol. The molecular formula is C18H13F2N3O3. The number of esters is 1. The number of halogens is 2. The van der Waals surface area contributed by atoms with Crippen LogP contribution in [-0.4, -0.2) is 16.8 Å². The average molecular weight is 357 g/mol. The predicted molar refractivity (Wildman–Crippen MR) is 91.6 cm³/mol. The number of aromatic nitrogens is 1. The Morgan fingerprint density at radius 1 is 1.19 bits per heavy atom. The molecule has 0 unspecified atom stereocenters. The van der Waals surface area contributed by atoms with Gasteiger partial charge >= 0.3 is 5.97 Å². The number of aromatic amines is 1. The van der Waals surface area contributed by atoms with Crippen molar-refractivity contribution in [1.29, 1.82) is 5.41 Å². The summed E-state index contributed by atoms with van der Waals surface area (Å²) in [4.78, 5) is 14.4. The minimum atomic E-state index is -0.805. The highest BCUT2D eigenvalue weighted by Crippen LogP contribution is 2.40. The van der Waals surface area contributed by atoms with Crippen LogP contribution in [0.5, 0.6) is 17.2 Å². The largest absolute Gasteiger partial charge is 0.450 e. The van der Waals surface area contributed by atoms with Gasteiger partial charge in [0.15, 0.2) is 11.6 Å². The molecule has 6 nitrogen and oxygen atoms in total. The van der Waals surface area contributed by atoms with E-state index in [1.807, 2.05) is 0 Å². The van der Waals surface area contributed by atoms with Crippen molar-refractivity contribution in [3.8, 4) is 17.2 Å². The Hall–Kier alpha value is -3.68. The molecule has 132 valence electrons. The van der Waals surface area contributed by atoms with E-state index in [2.05, 4.69) is 11.6 Å². The smallest absolute Gasteiger partial charge is 0.335 e. The van der Waals surface area contributed by atoms with Crippen LogP contribution in [0, 0.1) is 17.0 Å². The lowest BCUT2D eigenvalue weighted by molar-refractivity contribution is -0.128. The Morgan fingerprint density at radius 2 is 1.96 bits per heavy atom. The molecule has 0 bridgehead atoms. The van der Waals surface area contributed by atoms with Crippen molar-refractivity contribution in [3.05, 3.63) is 66.4 Å². The first-order valence-electron chi connectivity index (χ1n) is 7.36. The first-order valence-corrected chi connectivity index (χ1v) is 7.36. The van der Waals surface area contributed by atoms with Crippen molar-refractivity contribution in [3.63, 3.8) is 0 Å². The van der Waals surface area contributed by atoms with Gasteiger partial charge in [-0.25, -0.2) is 13.6 Å². The van der Waals surface area contributed by atoms with Gasteiger partial charge in [-0.15, -0.1) is 0 Å². The number of hydrogen-bond acceptors (Lipinski definition) is 4. The van der Waals surface area contributed by atoms with Gasteiger partial charge in [0, 0.05) is 23.7 Å². The number of H-pyrrole nitrogens is 1. The second-order valence-corrected chi connectivity index (χ2v) is 5.24. The molecule has 1 heterocycles. The van der Waals surface area contributed by atoms with Crippen molar-refractivity contribution in [2.45, 2.75) is 0 Å². The van der Waals surface area contributed by atoms with Crippen LogP contribution in [0.25, 0.3) is 10.9 Å². The fourth-order valence-corrected chi connectivity index (χ4v) is 2.35. The van der Waals surface area contributed by atoms with Crippen LogP contribution in [0.1, 0.15) is 5.56 Å². The van der Waals surface area contributed by atoms with Crippen molar-refractivity contribution in [1.82, 2.24) is 4.98 Å². The lowest BCUT2D eigenvalue weighted by Crippen LogP contribution is -2.13. The third-order valence-corrected chi connectivity index (χ3v) is 3.54. The second kappa shape index (κ2) is 6.67. The zero-order chi connectivity index (χ0) is 18.8. The molecule has 0 saturated carbocycles. The number of nitrogens with one attached hydrogen (secondary N) is 2. The van der Waals surface area contributed by atoms with Gasteiger partial charge in [-0.05, 0) is 24.3 Å². The van der Waals surface area contributed by atoms with Crippen LogP contribution >= 0.6 is 0 Å². The molecule has 0 aliphatic heterocycles. The fourth-order valence-electron chi connectivity index (χ4n) is 2.35. The van der Waals surface area contributed by atoms with Gasteiger partial charge in [-0.3, -0.25) is 5.41 Å². The van der Waals surface area contributed by atoms with Gasteiger partial charge < -0.3 is 20.2 Å². The molecule has 4 N–H and O–H groups in total. The van der Waals surface area contributed by atoms with Crippen LogP contribution in [0.2, 0.25) is 0 Å². The molecule has 0 aliphatic rings. The highest BCUT2D eigenvalue weighted by atomic mass is 19.1. The maximum atomic E-state index is 14.5. The number of carbonyl (C=O) groups is 1. The zero-order valence-electron chi connectivity index (χ0n) is 13.3. The fraction of sp³-hybridized carbons (Fsp3) is 0. The van der Waals surface area contributed by atoms with Gasteiger partial charge in [-0.1, -0.05) is 6.58 Å². The van der Waals surface area contributed by atoms with E-state index in [-0.39, 0.29) is 22.8 Å². The summed E-state index contributed by atoms with van der Waals surface area (Å²) in [6, 6.07) is 6.18. The zero-order valence-corrected chi connectivity index (χ0v) is 13.3. The molecule has 0 saturated heterocycles. The number of carbonyl (C=O) groups excluding carboxylic acids is 1. The lowest BCUT2D eigenvalue weighted by Gasteiger charge is -2.13. The number of ether oxygens (including phenoxy) is 2. The standard InChI is InChI=1S/C18H13F2N3O3/c1-2-15(24)26-16-10-5-6-23-14(10)8-13(20)17(16)25-9-3-4-12(19)11(7-9)18(21)22/h2-8,23H,1H2,(H3,21,22). The van der Waals surface area contributed by atoms with Crippen molar-refractivity contribution in [2.24, 2.45) is 5.73 Å². The van der Waals surface area contributed by atoms with E-state index in [0.717, 1.165) is 18.2 Å². The number of fused-ring (bicyclic) bond motifs is 1. The third-order valence-electron chi connectivity index (χ3n) is 3.54. The van der Waals surface area contributed by atoms with E-state index in [1.165, 1.54) is 12.1 Å². The van der Waals surface area contributed by atoms with E-state index in [0.29, 0.717) is 10.9 Å². The molecule has 8 heteroatoms. The van der Waals surface area contributed by atoms with Gasteiger partial charge in [-0.2, -0.15) is 0 Å². The van der Waals surface area contributed by atoms with Crippen LogP contribution in [0.3, 0.4) is 0 Å². The minimum Gasteiger partial charge on any atom is -0.450 e. The highest BCUT2D eigenvalue weighted by molar-refractivity contribution is 5.96. The summed E-state index contributed by atoms with van der Waals surface area (Å²) < 4.78 is 38.8. The topological polar surface area (TPSA) is 101 Å². The Morgan fingerprint density at radius 3 is 2.65 bits per heavy atom. The van der Waals surface area contributed by atoms with Crippen LogP contribution in [0.4, 0.5) is 8.78 Å².